The average molecular weight is 466 g/mol. The van der Waals surface area contributed by atoms with Crippen LogP contribution in [0, 0.1) is 0 Å². The summed E-state index contributed by atoms with van der Waals surface area (Å²) in [6.45, 7) is 9.93. The number of aromatic nitrogens is 1. The van der Waals surface area contributed by atoms with Crippen LogP contribution in [-0.2, 0) is 4.84 Å². The Balaban J connectivity index is 1.48. The van der Waals surface area contributed by atoms with Crippen molar-refractivity contribution in [2.75, 3.05) is 44.8 Å². The van der Waals surface area contributed by atoms with Crippen LogP contribution in [0.25, 0.3) is 16.5 Å². The SMILES string of the molecule is C=C1N=c2ccc(Br)cc2=C1c1[nH]c2ccccc2c1NOCCN1CCNCC1. The van der Waals surface area contributed by atoms with Crippen LogP contribution in [0.3, 0.4) is 0 Å². The standard InChI is InChI=1S/C23H24BrN5O/c1-15-21(18-14-16(24)6-7-20(18)26-15)23-22(17-4-2-3-5-19(17)27-23)28-30-13-12-29-10-8-25-9-11-29/h2-7,14,25,27-28H,1,8-13H2. The van der Waals surface area contributed by atoms with Gasteiger partial charge in [0.05, 0.1) is 29.0 Å². The summed E-state index contributed by atoms with van der Waals surface area (Å²) in [6, 6.07) is 14.3. The summed E-state index contributed by atoms with van der Waals surface area (Å²) in [5.74, 6) is 0. The van der Waals surface area contributed by atoms with E-state index in [-0.39, 0.29) is 0 Å². The number of allylic oxidation sites excluding steroid dienone is 1. The molecule has 0 bridgehead atoms. The molecule has 1 aromatic heterocycles. The van der Waals surface area contributed by atoms with Gasteiger partial charge in [0.2, 0.25) is 0 Å². The lowest BCUT2D eigenvalue weighted by atomic mass is 10.1. The molecule has 2 aliphatic heterocycles. The third-order valence-corrected chi connectivity index (χ3v) is 6.11. The van der Waals surface area contributed by atoms with Crippen LogP contribution in [0.1, 0.15) is 5.69 Å². The molecule has 2 aliphatic rings. The maximum absolute atomic E-state index is 5.92. The van der Waals surface area contributed by atoms with Crippen LogP contribution in [0.15, 0.2) is 64.2 Å². The predicted octanol–water partition coefficient (Wildman–Crippen LogP) is 2.53. The Morgan fingerprint density at radius 1 is 1.17 bits per heavy atom. The number of para-hydroxylation sites is 1. The zero-order chi connectivity index (χ0) is 20.5. The number of piperazine rings is 1. The molecular formula is C23H24BrN5O. The summed E-state index contributed by atoms with van der Waals surface area (Å²) in [5, 5.41) is 6.45. The smallest absolute Gasteiger partial charge is 0.0939 e. The van der Waals surface area contributed by atoms with Gasteiger partial charge in [0, 0.05) is 58.9 Å². The zero-order valence-corrected chi connectivity index (χ0v) is 18.3. The van der Waals surface area contributed by atoms with E-state index in [4.69, 9.17) is 4.84 Å². The Morgan fingerprint density at radius 2 is 2.00 bits per heavy atom. The van der Waals surface area contributed by atoms with Crippen LogP contribution in [0.5, 0.6) is 0 Å². The lowest BCUT2D eigenvalue weighted by Crippen LogP contribution is -2.44. The fraction of sp³-hybridized carbons (Fsp3) is 0.261. The summed E-state index contributed by atoms with van der Waals surface area (Å²) in [6.07, 6.45) is 0. The van der Waals surface area contributed by atoms with Crippen molar-refractivity contribution in [3.8, 4) is 0 Å². The zero-order valence-electron chi connectivity index (χ0n) is 16.7. The fourth-order valence-electron chi connectivity index (χ4n) is 4.11. The van der Waals surface area contributed by atoms with Crippen LogP contribution in [0.2, 0.25) is 0 Å². The Hall–Kier alpha value is -2.45. The quantitative estimate of drug-likeness (QED) is 0.386. The van der Waals surface area contributed by atoms with Gasteiger partial charge in [-0.05, 0) is 24.3 Å². The van der Waals surface area contributed by atoms with E-state index >= 15 is 0 Å². The third kappa shape index (κ3) is 3.70. The van der Waals surface area contributed by atoms with E-state index in [1.807, 2.05) is 24.3 Å². The molecule has 3 aromatic rings. The second kappa shape index (κ2) is 8.35. The second-order valence-corrected chi connectivity index (χ2v) is 8.47. The minimum absolute atomic E-state index is 0.613. The monoisotopic (exact) mass is 465 g/mol. The van der Waals surface area contributed by atoms with Crippen molar-refractivity contribution in [2.24, 2.45) is 4.99 Å². The number of rotatable bonds is 6. The van der Waals surface area contributed by atoms with Crippen molar-refractivity contribution in [1.82, 2.24) is 15.2 Å². The molecule has 0 unspecified atom stereocenters. The fourth-order valence-corrected chi connectivity index (χ4v) is 4.47. The molecule has 2 aromatic carbocycles. The highest BCUT2D eigenvalue weighted by Crippen LogP contribution is 2.34. The normalized spacial score (nSPS) is 16.7. The molecule has 1 saturated heterocycles. The summed E-state index contributed by atoms with van der Waals surface area (Å²) in [5.41, 5.74) is 7.89. The van der Waals surface area contributed by atoms with Gasteiger partial charge in [-0.2, -0.15) is 0 Å². The highest BCUT2D eigenvalue weighted by molar-refractivity contribution is 9.10. The van der Waals surface area contributed by atoms with Gasteiger partial charge in [-0.25, -0.2) is 4.99 Å². The van der Waals surface area contributed by atoms with E-state index in [0.29, 0.717) is 6.61 Å². The van der Waals surface area contributed by atoms with E-state index < -0.39 is 0 Å². The number of nitrogens with zero attached hydrogens (tertiary/aromatic N) is 2. The van der Waals surface area contributed by atoms with Crippen LogP contribution in [0.4, 0.5) is 5.69 Å². The van der Waals surface area contributed by atoms with Crippen molar-refractivity contribution in [3.05, 3.63) is 75.5 Å². The summed E-state index contributed by atoms with van der Waals surface area (Å²) >= 11 is 3.58. The predicted molar refractivity (Wildman–Crippen MR) is 124 cm³/mol. The lowest BCUT2D eigenvalue weighted by Gasteiger charge is -2.26. The molecule has 6 nitrogen and oxygen atoms in total. The molecule has 7 heteroatoms. The summed E-state index contributed by atoms with van der Waals surface area (Å²) < 4.78 is 1.02. The van der Waals surface area contributed by atoms with Crippen molar-refractivity contribution in [1.29, 1.82) is 0 Å². The largest absolute Gasteiger partial charge is 0.353 e. The van der Waals surface area contributed by atoms with Gasteiger partial charge in [-0.1, -0.05) is 40.7 Å². The van der Waals surface area contributed by atoms with E-state index in [2.05, 4.69) is 66.4 Å². The van der Waals surface area contributed by atoms with E-state index in [1.165, 1.54) is 0 Å². The van der Waals surface area contributed by atoms with Crippen molar-refractivity contribution >= 4 is 38.1 Å². The number of hydrogen-bond acceptors (Lipinski definition) is 5. The van der Waals surface area contributed by atoms with E-state index in [9.17, 15) is 0 Å². The maximum atomic E-state index is 5.92. The van der Waals surface area contributed by atoms with Gasteiger partial charge in [-0.3, -0.25) is 15.2 Å². The summed E-state index contributed by atoms with van der Waals surface area (Å²) in [4.78, 5) is 16.6. The Morgan fingerprint density at radius 3 is 2.87 bits per heavy atom. The second-order valence-electron chi connectivity index (χ2n) is 7.56. The summed E-state index contributed by atoms with van der Waals surface area (Å²) in [7, 11) is 0. The molecule has 5 rings (SSSR count). The van der Waals surface area contributed by atoms with Crippen molar-refractivity contribution < 1.29 is 4.84 Å². The van der Waals surface area contributed by atoms with Gasteiger partial charge < -0.3 is 10.3 Å². The molecule has 0 spiro atoms. The van der Waals surface area contributed by atoms with Gasteiger partial charge in [0.1, 0.15) is 0 Å². The topological polar surface area (TPSA) is 64.7 Å². The number of halogens is 1. The highest BCUT2D eigenvalue weighted by atomic mass is 79.9. The third-order valence-electron chi connectivity index (χ3n) is 5.62. The number of benzene rings is 2. The van der Waals surface area contributed by atoms with Gasteiger partial charge in [-0.15, -0.1) is 0 Å². The molecule has 0 aliphatic carbocycles. The molecule has 0 radical (unpaired) electrons. The number of aromatic amines is 1. The molecule has 3 heterocycles. The number of nitrogens with one attached hydrogen (secondary N) is 3. The minimum atomic E-state index is 0.613. The molecular weight excluding hydrogens is 442 g/mol. The highest BCUT2D eigenvalue weighted by Gasteiger charge is 2.21. The van der Waals surface area contributed by atoms with Crippen molar-refractivity contribution in [3.63, 3.8) is 0 Å². The maximum Gasteiger partial charge on any atom is 0.0939 e. The lowest BCUT2D eigenvalue weighted by molar-refractivity contribution is 0.137. The van der Waals surface area contributed by atoms with E-state index in [1.54, 1.807) is 0 Å². The van der Waals surface area contributed by atoms with Crippen molar-refractivity contribution in [2.45, 2.75) is 0 Å². The first-order valence-electron chi connectivity index (χ1n) is 10.2. The van der Waals surface area contributed by atoms with Crippen LogP contribution >= 0.6 is 15.9 Å². The number of H-pyrrole nitrogens is 1. The minimum Gasteiger partial charge on any atom is -0.353 e. The first kappa shape index (κ1) is 19.5. The average Bonchev–Trinajstić information content (AvgIpc) is 3.28. The molecule has 30 heavy (non-hydrogen) atoms. The molecule has 0 atom stereocenters. The number of anilines is 1. The Kier molecular flexibility index (Phi) is 5.43. The van der Waals surface area contributed by atoms with Gasteiger partial charge in [0.15, 0.2) is 0 Å². The van der Waals surface area contributed by atoms with Crippen LogP contribution in [-0.4, -0.2) is 49.2 Å². The molecule has 1 fully saturated rings. The number of fused-ring (bicyclic) bond motifs is 2. The Labute approximate surface area is 183 Å². The first-order valence-corrected chi connectivity index (χ1v) is 11.0. The Bertz CT molecular complexity index is 1230. The molecule has 3 N–H and O–H groups in total. The molecule has 0 amide bonds. The first-order chi connectivity index (χ1) is 14.7. The van der Waals surface area contributed by atoms with E-state index in [0.717, 1.165) is 81.3 Å². The molecule has 0 saturated carbocycles. The van der Waals surface area contributed by atoms with Gasteiger partial charge in [0.25, 0.3) is 0 Å². The van der Waals surface area contributed by atoms with Crippen LogP contribution < -0.4 is 21.4 Å². The van der Waals surface area contributed by atoms with Gasteiger partial charge >= 0.3 is 0 Å². The number of hydrogen-bond donors (Lipinski definition) is 3. The molecule has 154 valence electrons.